The van der Waals surface area contributed by atoms with Crippen molar-refractivity contribution >= 4 is 33.0 Å². The van der Waals surface area contributed by atoms with Gasteiger partial charge in [0.05, 0.1) is 12.7 Å². The number of carbonyl (C=O) groups is 1. The van der Waals surface area contributed by atoms with Gasteiger partial charge < -0.3 is 4.74 Å². The number of benzene rings is 1. The predicted molar refractivity (Wildman–Crippen MR) is 79.8 cm³/mol. The number of carbonyl (C=O) groups excluding carboxylic acids is 1. The number of hydrogen-bond acceptors (Lipinski definition) is 6. The first kappa shape index (κ1) is 15.3. The fourth-order valence-electron chi connectivity index (χ4n) is 1.61. The van der Waals surface area contributed by atoms with Crippen LogP contribution in [0.15, 0.2) is 39.9 Å². The Kier molecular flexibility index (Phi) is 4.46. The fourth-order valence-corrected chi connectivity index (χ4v) is 4.04. The van der Waals surface area contributed by atoms with Crippen LogP contribution < -0.4 is 20.7 Å². The smallest absolute Gasteiger partial charge is 0.267 e. The van der Waals surface area contributed by atoms with E-state index in [4.69, 9.17) is 10.6 Å². The molecule has 1 aromatic heterocycles. The van der Waals surface area contributed by atoms with Crippen molar-refractivity contribution in [2.45, 2.75) is 4.90 Å². The van der Waals surface area contributed by atoms with Gasteiger partial charge >= 0.3 is 0 Å². The van der Waals surface area contributed by atoms with Crippen LogP contribution in [-0.2, 0) is 10.0 Å². The molecule has 9 heteroatoms. The zero-order valence-corrected chi connectivity index (χ0v) is 12.6. The van der Waals surface area contributed by atoms with Crippen molar-refractivity contribution in [1.29, 1.82) is 0 Å². The van der Waals surface area contributed by atoms with Gasteiger partial charge in [-0.3, -0.25) is 14.9 Å². The van der Waals surface area contributed by atoms with Gasteiger partial charge in [-0.1, -0.05) is 0 Å². The Balaban J connectivity index is 2.30. The molecule has 112 valence electrons. The van der Waals surface area contributed by atoms with Crippen molar-refractivity contribution in [3.63, 3.8) is 0 Å². The Morgan fingerprint density at radius 1 is 1.24 bits per heavy atom. The molecule has 0 radical (unpaired) electrons. The van der Waals surface area contributed by atoms with E-state index in [0.717, 1.165) is 11.3 Å². The van der Waals surface area contributed by atoms with Crippen LogP contribution in [0.4, 0.5) is 5.69 Å². The number of nitrogens with two attached hydrogens (primary N) is 1. The third-order valence-corrected chi connectivity index (χ3v) is 4.95. The van der Waals surface area contributed by atoms with Crippen LogP contribution in [0.5, 0.6) is 5.75 Å². The van der Waals surface area contributed by atoms with E-state index in [9.17, 15) is 13.2 Å². The third-order valence-electron chi connectivity index (χ3n) is 2.63. The molecule has 1 heterocycles. The summed E-state index contributed by atoms with van der Waals surface area (Å²) in [6, 6.07) is 6.37. The molecule has 1 aromatic carbocycles. The molecule has 0 saturated carbocycles. The second-order valence-electron chi connectivity index (χ2n) is 3.96. The molecule has 21 heavy (non-hydrogen) atoms. The molecule has 0 aliphatic carbocycles. The molecule has 0 bridgehead atoms. The van der Waals surface area contributed by atoms with E-state index < -0.39 is 15.9 Å². The molecule has 0 aliphatic rings. The van der Waals surface area contributed by atoms with E-state index in [1.807, 2.05) is 5.43 Å². The lowest BCUT2D eigenvalue weighted by atomic mass is 10.3. The monoisotopic (exact) mass is 327 g/mol. The van der Waals surface area contributed by atoms with Crippen LogP contribution in [0.1, 0.15) is 10.4 Å². The zero-order chi connectivity index (χ0) is 15.5. The van der Waals surface area contributed by atoms with Gasteiger partial charge in [-0.25, -0.2) is 14.3 Å². The summed E-state index contributed by atoms with van der Waals surface area (Å²) < 4.78 is 32.0. The summed E-state index contributed by atoms with van der Waals surface area (Å²) in [4.78, 5) is 11.4. The molecule has 4 N–H and O–H groups in total. The van der Waals surface area contributed by atoms with Crippen LogP contribution in [-0.4, -0.2) is 21.4 Å². The van der Waals surface area contributed by atoms with E-state index in [1.54, 1.807) is 24.3 Å². The maximum absolute atomic E-state index is 12.3. The molecule has 0 saturated heterocycles. The molecule has 0 aliphatic heterocycles. The summed E-state index contributed by atoms with van der Waals surface area (Å²) in [5, 5.41) is 2.79. The Morgan fingerprint density at radius 3 is 2.48 bits per heavy atom. The summed E-state index contributed by atoms with van der Waals surface area (Å²) in [5.41, 5.74) is 2.28. The minimum atomic E-state index is -3.87. The molecule has 0 unspecified atom stereocenters. The average Bonchev–Trinajstić information content (AvgIpc) is 2.97. The first-order chi connectivity index (χ1) is 9.97. The highest BCUT2D eigenvalue weighted by atomic mass is 32.2. The van der Waals surface area contributed by atoms with Crippen LogP contribution in [0.3, 0.4) is 0 Å². The van der Waals surface area contributed by atoms with E-state index in [2.05, 4.69) is 4.72 Å². The summed E-state index contributed by atoms with van der Waals surface area (Å²) >= 11 is 1.10. The lowest BCUT2D eigenvalue weighted by molar-refractivity contribution is 0.0951. The number of anilines is 1. The Morgan fingerprint density at radius 2 is 1.90 bits per heavy atom. The molecule has 1 amide bonds. The van der Waals surface area contributed by atoms with Crippen molar-refractivity contribution in [2.24, 2.45) is 5.84 Å². The first-order valence-electron chi connectivity index (χ1n) is 5.72. The van der Waals surface area contributed by atoms with E-state index >= 15 is 0 Å². The quantitative estimate of drug-likeness (QED) is 0.433. The summed E-state index contributed by atoms with van der Waals surface area (Å²) in [6.45, 7) is 0. The van der Waals surface area contributed by atoms with Gasteiger partial charge in [0.25, 0.3) is 15.9 Å². The number of rotatable bonds is 5. The molecule has 0 atom stereocenters. The SMILES string of the molecule is COc1ccc(NS(=O)(=O)c2cscc2C(=O)NN)cc1. The number of sulfonamides is 1. The fraction of sp³-hybridized carbons (Fsp3) is 0.0833. The Hall–Kier alpha value is -2.10. The number of methoxy groups -OCH3 is 1. The number of hydrazine groups is 1. The molecule has 0 fully saturated rings. The molecule has 2 rings (SSSR count). The van der Waals surface area contributed by atoms with Crippen molar-refractivity contribution in [3.05, 3.63) is 40.6 Å². The van der Waals surface area contributed by atoms with Crippen molar-refractivity contribution in [2.75, 3.05) is 11.8 Å². The van der Waals surface area contributed by atoms with Gasteiger partial charge in [0.2, 0.25) is 0 Å². The number of amides is 1. The van der Waals surface area contributed by atoms with Gasteiger partial charge in [-0.05, 0) is 24.3 Å². The molecular weight excluding hydrogens is 314 g/mol. The third kappa shape index (κ3) is 3.32. The van der Waals surface area contributed by atoms with E-state index in [-0.39, 0.29) is 10.5 Å². The number of hydrogen-bond donors (Lipinski definition) is 3. The molecule has 2 aromatic rings. The van der Waals surface area contributed by atoms with Crippen LogP contribution >= 0.6 is 11.3 Å². The zero-order valence-electron chi connectivity index (χ0n) is 11.0. The summed E-state index contributed by atoms with van der Waals surface area (Å²) in [5.74, 6) is 4.98. The van der Waals surface area contributed by atoms with Crippen LogP contribution in [0.25, 0.3) is 0 Å². The number of thiophene rings is 1. The highest BCUT2D eigenvalue weighted by Gasteiger charge is 2.23. The molecule has 0 spiro atoms. The average molecular weight is 327 g/mol. The van der Waals surface area contributed by atoms with Crippen molar-refractivity contribution in [3.8, 4) is 5.75 Å². The standard InChI is InChI=1S/C12H13N3O4S2/c1-19-9-4-2-8(3-5-9)15-21(17,18)11-7-20-6-10(11)12(16)14-13/h2-7,15H,13H2,1H3,(H,14,16). The Bertz CT molecular complexity index is 738. The van der Waals surface area contributed by atoms with Crippen LogP contribution in [0, 0.1) is 0 Å². The maximum Gasteiger partial charge on any atom is 0.267 e. The van der Waals surface area contributed by atoms with E-state index in [1.165, 1.54) is 17.9 Å². The largest absolute Gasteiger partial charge is 0.497 e. The highest BCUT2D eigenvalue weighted by molar-refractivity contribution is 7.93. The lowest BCUT2D eigenvalue weighted by Gasteiger charge is -2.09. The van der Waals surface area contributed by atoms with Gasteiger partial charge in [-0.2, -0.15) is 11.3 Å². The minimum Gasteiger partial charge on any atom is -0.497 e. The van der Waals surface area contributed by atoms with Gasteiger partial charge in [0.1, 0.15) is 10.6 Å². The minimum absolute atomic E-state index is 0.00325. The molecular formula is C12H13N3O4S2. The maximum atomic E-state index is 12.3. The van der Waals surface area contributed by atoms with Crippen molar-refractivity contribution < 1.29 is 17.9 Å². The van der Waals surface area contributed by atoms with Crippen molar-refractivity contribution in [1.82, 2.24) is 5.43 Å². The van der Waals surface area contributed by atoms with Gasteiger partial charge in [0.15, 0.2) is 0 Å². The predicted octanol–water partition coefficient (Wildman–Crippen LogP) is 1.16. The highest BCUT2D eigenvalue weighted by Crippen LogP contribution is 2.24. The van der Waals surface area contributed by atoms with Gasteiger partial charge in [-0.15, -0.1) is 0 Å². The van der Waals surface area contributed by atoms with Crippen LogP contribution in [0.2, 0.25) is 0 Å². The molecule has 7 nitrogen and oxygen atoms in total. The second kappa shape index (κ2) is 6.12. The Labute approximate surface area is 125 Å². The lowest BCUT2D eigenvalue weighted by Crippen LogP contribution is -2.31. The first-order valence-corrected chi connectivity index (χ1v) is 8.14. The normalized spacial score (nSPS) is 11.0. The second-order valence-corrected chi connectivity index (χ2v) is 6.35. The number of nitrogens with one attached hydrogen (secondary N) is 2. The summed E-state index contributed by atoms with van der Waals surface area (Å²) in [7, 11) is -2.36. The number of nitrogen functional groups attached to an aromatic ring is 1. The number of ether oxygens (including phenoxy) is 1. The topological polar surface area (TPSA) is 111 Å². The summed E-state index contributed by atoms with van der Waals surface area (Å²) in [6.07, 6.45) is 0. The van der Waals surface area contributed by atoms with E-state index in [0.29, 0.717) is 11.4 Å². The van der Waals surface area contributed by atoms with Gasteiger partial charge in [0, 0.05) is 16.4 Å².